The molecule has 0 saturated heterocycles. The Labute approximate surface area is 124 Å². The van der Waals surface area contributed by atoms with Crippen molar-refractivity contribution >= 4 is 11.7 Å². The number of aliphatic hydroxyl groups excluding tert-OH is 1. The van der Waals surface area contributed by atoms with Gasteiger partial charge in [0, 0.05) is 5.69 Å². The van der Waals surface area contributed by atoms with Crippen LogP contribution in [0.3, 0.4) is 0 Å². The maximum absolute atomic E-state index is 12.1. The second kappa shape index (κ2) is 6.90. The maximum Gasteiger partial charge on any atom is 0.319 e. The first-order valence-electron chi connectivity index (χ1n) is 6.91. The standard InChI is InChI=1S/C17H20N2O2/c1-12-7-6-8-13(2)16(12)19-17(21)18-15(11-20)14-9-4-3-5-10-14/h3-10,15,20H,11H2,1-2H3,(H2,18,19,21)/t15-/m1/s1. The minimum atomic E-state index is -0.421. The van der Waals surface area contributed by atoms with Gasteiger partial charge < -0.3 is 15.7 Å². The van der Waals surface area contributed by atoms with Gasteiger partial charge in [0.25, 0.3) is 0 Å². The fourth-order valence-corrected chi connectivity index (χ4v) is 2.24. The van der Waals surface area contributed by atoms with Gasteiger partial charge >= 0.3 is 6.03 Å². The molecule has 0 radical (unpaired) electrons. The SMILES string of the molecule is Cc1cccc(C)c1NC(=O)N[C@H](CO)c1ccccc1. The summed E-state index contributed by atoms with van der Waals surface area (Å²) in [6, 6.07) is 14.5. The number of benzene rings is 2. The molecule has 0 saturated carbocycles. The van der Waals surface area contributed by atoms with Crippen molar-refractivity contribution in [3.8, 4) is 0 Å². The molecule has 3 N–H and O–H groups in total. The van der Waals surface area contributed by atoms with Crippen molar-refractivity contribution in [2.24, 2.45) is 0 Å². The van der Waals surface area contributed by atoms with E-state index in [9.17, 15) is 9.90 Å². The number of aliphatic hydroxyl groups is 1. The smallest absolute Gasteiger partial charge is 0.319 e. The van der Waals surface area contributed by atoms with Crippen LogP contribution >= 0.6 is 0 Å². The van der Waals surface area contributed by atoms with Crippen LogP contribution in [0.15, 0.2) is 48.5 Å². The zero-order chi connectivity index (χ0) is 15.2. The maximum atomic E-state index is 12.1. The summed E-state index contributed by atoms with van der Waals surface area (Å²) in [6.45, 7) is 3.75. The highest BCUT2D eigenvalue weighted by Gasteiger charge is 2.14. The van der Waals surface area contributed by atoms with E-state index in [1.807, 2.05) is 62.4 Å². The van der Waals surface area contributed by atoms with E-state index in [0.29, 0.717) is 0 Å². The highest BCUT2D eigenvalue weighted by atomic mass is 16.3. The molecule has 2 aromatic carbocycles. The normalized spacial score (nSPS) is 11.8. The van der Waals surface area contributed by atoms with Crippen LogP contribution < -0.4 is 10.6 Å². The summed E-state index contributed by atoms with van der Waals surface area (Å²) in [4.78, 5) is 12.1. The van der Waals surface area contributed by atoms with Crippen molar-refractivity contribution in [1.82, 2.24) is 5.32 Å². The van der Waals surface area contributed by atoms with Crippen molar-refractivity contribution in [2.45, 2.75) is 19.9 Å². The summed E-state index contributed by atoms with van der Waals surface area (Å²) >= 11 is 0. The predicted molar refractivity (Wildman–Crippen MR) is 84.3 cm³/mol. The van der Waals surface area contributed by atoms with Crippen molar-refractivity contribution in [1.29, 1.82) is 0 Å². The van der Waals surface area contributed by atoms with E-state index in [-0.39, 0.29) is 12.6 Å². The molecule has 0 fully saturated rings. The van der Waals surface area contributed by atoms with E-state index < -0.39 is 6.04 Å². The Balaban J connectivity index is 2.07. The number of hydrogen-bond acceptors (Lipinski definition) is 2. The van der Waals surface area contributed by atoms with Gasteiger partial charge in [0.1, 0.15) is 0 Å². The number of aryl methyl sites for hydroxylation is 2. The summed E-state index contributed by atoms with van der Waals surface area (Å²) in [7, 11) is 0. The number of para-hydroxylation sites is 1. The van der Waals surface area contributed by atoms with E-state index in [2.05, 4.69) is 10.6 Å². The number of amides is 2. The van der Waals surface area contributed by atoms with E-state index >= 15 is 0 Å². The van der Waals surface area contributed by atoms with Crippen LogP contribution in [0, 0.1) is 13.8 Å². The van der Waals surface area contributed by atoms with Gasteiger partial charge in [-0.1, -0.05) is 48.5 Å². The third-order valence-electron chi connectivity index (χ3n) is 3.41. The topological polar surface area (TPSA) is 61.4 Å². The average Bonchev–Trinajstić information content (AvgIpc) is 2.49. The van der Waals surface area contributed by atoms with Gasteiger partial charge in [0.2, 0.25) is 0 Å². The Kier molecular flexibility index (Phi) is 4.95. The molecule has 0 aliphatic carbocycles. The quantitative estimate of drug-likeness (QED) is 0.807. The molecule has 0 aliphatic heterocycles. The summed E-state index contributed by atoms with van der Waals surface area (Å²) < 4.78 is 0. The largest absolute Gasteiger partial charge is 0.394 e. The summed E-state index contributed by atoms with van der Waals surface area (Å²) in [5.74, 6) is 0. The van der Waals surface area contributed by atoms with Crippen LogP contribution in [0.25, 0.3) is 0 Å². The van der Waals surface area contributed by atoms with E-state index in [1.54, 1.807) is 0 Å². The lowest BCUT2D eigenvalue weighted by Gasteiger charge is -2.18. The molecule has 0 bridgehead atoms. The predicted octanol–water partition coefficient (Wildman–Crippen LogP) is 3.16. The summed E-state index contributed by atoms with van der Waals surface area (Å²) in [6.07, 6.45) is 0. The number of carbonyl (C=O) groups excluding carboxylic acids is 1. The van der Waals surface area contributed by atoms with Crippen molar-refractivity contribution in [2.75, 3.05) is 11.9 Å². The molecule has 0 aromatic heterocycles. The number of hydrogen-bond donors (Lipinski definition) is 3. The van der Waals surface area contributed by atoms with Crippen molar-refractivity contribution < 1.29 is 9.90 Å². The highest BCUT2D eigenvalue weighted by Crippen LogP contribution is 2.19. The molecule has 4 nitrogen and oxygen atoms in total. The van der Waals surface area contributed by atoms with Crippen LogP contribution in [0.2, 0.25) is 0 Å². The van der Waals surface area contributed by atoms with Crippen molar-refractivity contribution in [3.63, 3.8) is 0 Å². The van der Waals surface area contributed by atoms with Gasteiger partial charge in [-0.25, -0.2) is 4.79 Å². The molecule has 1 atom stereocenters. The first-order valence-corrected chi connectivity index (χ1v) is 6.91. The third kappa shape index (κ3) is 3.83. The molecule has 0 spiro atoms. The zero-order valence-electron chi connectivity index (χ0n) is 12.3. The van der Waals surface area contributed by atoms with Crippen LogP contribution in [0.4, 0.5) is 10.5 Å². The molecule has 0 heterocycles. The number of urea groups is 1. The number of carbonyl (C=O) groups is 1. The summed E-state index contributed by atoms with van der Waals surface area (Å²) in [5, 5.41) is 15.1. The Hall–Kier alpha value is -2.33. The Bertz CT molecular complexity index is 591. The molecule has 2 amide bonds. The number of rotatable bonds is 4. The van der Waals surface area contributed by atoms with Crippen molar-refractivity contribution in [3.05, 3.63) is 65.2 Å². The molecule has 2 aromatic rings. The lowest BCUT2D eigenvalue weighted by atomic mass is 10.1. The lowest BCUT2D eigenvalue weighted by Crippen LogP contribution is -2.34. The van der Waals surface area contributed by atoms with Gasteiger partial charge in [0.15, 0.2) is 0 Å². The van der Waals surface area contributed by atoms with Crippen LogP contribution in [-0.2, 0) is 0 Å². The number of nitrogens with one attached hydrogen (secondary N) is 2. The lowest BCUT2D eigenvalue weighted by molar-refractivity contribution is 0.225. The van der Waals surface area contributed by atoms with Crippen LogP contribution in [0.5, 0.6) is 0 Å². The Morgan fingerprint density at radius 1 is 1.05 bits per heavy atom. The van der Waals surface area contributed by atoms with Gasteiger partial charge in [-0.3, -0.25) is 0 Å². The van der Waals surface area contributed by atoms with Crippen LogP contribution in [-0.4, -0.2) is 17.7 Å². The third-order valence-corrected chi connectivity index (χ3v) is 3.41. The number of anilines is 1. The van der Waals surface area contributed by atoms with Gasteiger partial charge in [-0.05, 0) is 30.5 Å². The molecular formula is C17H20N2O2. The van der Waals surface area contributed by atoms with Gasteiger partial charge in [-0.2, -0.15) is 0 Å². The zero-order valence-corrected chi connectivity index (χ0v) is 12.3. The van der Waals surface area contributed by atoms with E-state index in [4.69, 9.17) is 0 Å². The Morgan fingerprint density at radius 2 is 1.67 bits per heavy atom. The second-order valence-corrected chi connectivity index (χ2v) is 5.01. The highest BCUT2D eigenvalue weighted by molar-refractivity contribution is 5.91. The molecule has 110 valence electrons. The molecule has 2 rings (SSSR count). The average molecular weight is 284 g/mol. The molecule has 21 heavy (non-hydrogen) atoms. The van der Waals surface area contributed by atoms with E-state index in [0.717, 1.165) is 22.4 Å². The minimum absolute atomic E-state index is 0.149. The van der Waals surface area contributed by atoms with Gasteiger partial charge in [-0.15, -0.1) is 0 Å². The van der Waals surface area contributed by atoms with Crippen LogP contribution in [0.1, 0.15) is 22.7 Å². The molecule has 0 unspecified atom stereocenters. The Morgan fingerprint density at radius 3 is 2.24 bits per heavy atom. The fourth-order valence-electron chi connectivity index (χ4n) is 2.24. The minimum Gasteiger partial charge on any atom is -0.394 e. The molecule has 0 aliphatic rings. The van der Waals surface area contributed by atoms with Gasteiger partial charge in [0.05, 0.1) is 12.6 Å². The first kappa shape index (κ1) is 15.1. The fraction of sp³-hybridized carbons (Fsp3) is 0.235. The first-order chi connectivity index (χ1) is 10.1. The monoisotopic (exact) mass is 284 g/mol. The molecular weight excluding hydrogens is 264 g/mol. The van der Waals surface area contributed by atoms with E-state index in [1.165, 1.54) is 0 Å². The summed E-state index contributed by atoms with van der Waals surface area (Å²) in [5.41, 5.74) is 3.69. The second-order valence-electron chi connectivity index (χ2n) is 5.01. The molecule has 4 heteroatoms.